The molecular formula is C16H15FN2O3S. The molecule has 0 unspecified atom stereocenters. The van der Waals surface area contributed by atoms with Crippen molar-refractivity contribution in [2.24, 2.45) is 0 Å². The molecule has 0 heterocycles. The van der Waals surface area contributed by atoms with Crippen LogP contribution in [0, 0.1) is 17.1 Å². The van der Waals surface area contributed by atoms with Gasteiger partial charge in [-0.1, -0.05) is 24.3 Å². The number of rotatable bonds is 6. The molecular weight excluding hydrogens is 319 g/mol. The first kappa shape index (κ1) is 17.1. The zero-order valence-corrected chi connectivity index (χ0v) is 13.0. The summed E-state index contributed by atoms with van der Waals surface area (Å²) in [6.45, 7) is -0.199. The number of nitrogens with zero attached hydrogens (tertiary/aromatic N) is 1. The monoisotopic (exact) mass is 334 g/mol. The summed E-state index contributed by atoms with van der Waals surface area (Å²) in [6.07, 6.45) is 0. The normalized spacial score (nSPS) is 11.2. The summed E-state index contributed by atoms with van der Waals surface area (Å²) >= 11 is 0. The fraction of sp³-hybridized carbons (Fsp3) is 0.188. The van der Waals surface area contributed by atoms with E-state index in [-0.39, 0.29) is 24.3 Å². The van der Waals surface area contributed by atoms with E-state index in [0.717, 1.165) is 6.07 Å². The number of nitriles is 1. The van der Waals surface area contributed by atoms with Crippen LogP contribution in [0.1, 0.15) is 22.3 Å². The highest BCUT2D eigenvalue weighted by atomic mass is 32.2. The Kier molecular flexibility index (Phi) is 5.45. The highest BCUT2D eigenvalue weighted by Gasteiger charge is 2.15. The number of hydrogen-bond acceptors (Lipinski definition) is 4. The summed E-state index contributed by atoms with van der Waals surface area (Å²) < 4.78 is 40.3. The molecule has 120 valence electrons. The minimum atomic E-state index is -3.79. The van der Waals surface area contributed by atoms with Crippen molar-refractivity contribution >= 4 is 10.0 Å². The Morgan fingerprint density at radius 3 is 2.48 bits per heavy atom. The highest BCUT2D eigenvalue weighted by Crippen LogP contribution is 2.14. The third kappa shape index (κ3) is 4.60. The SMILES string of the molecule is N#Cc1ccc(F)c(CS(=O)(=O)NCc2ccccc2CO)c1. The van der Waals surface area contributed by atoms with Crippen LogP contribution in [0.5, 0.6) is 0 Å². The second-order valence-electron chi connectivity index (χ2n) is 4.93. The van der Waals surface area contributed by atoms with Gasteiger partial charge in [-0.3, -0.25) is 0 Å². The van der Waals surface area contributed by atoms with Gasteiger partial charge in [0.1, 0.15) is 5.82 Å². The molecule has 5 nitrogen and oxygen atoms in total. The Bertz CT molecular complexity index is 845. The Morgan fingerprint density at radius 2 is 1.83 bits per heavy atom. The summed E-state index contributed by atoms with van der Waals surface area (Å²) in [5, 5.41) is 18.0. The molecule has 0 bridgehead atoms. The van der Waals surface area contributed by atoms with E-state index in [1.807, 2.05) is 6.07 Å². The van der Waals surface area contributed by atoms with E-state index < -0.39 is 21.6 Å². The van der Waals surface area contributed by atoms with Crippen LogP contribution in [-0.4, -0.2) is 13.5 Å². The van der Waals surface area contributed by atoms with Gasteiger partial charge in [0.05, 0.1) is 24.0 Å². The first-order chi connectivity index (χ1) is 10.9. The first-order valence-corrected chi connectivity index (χ1v) is 8.44. The van der Waals surface area contributed by atoms with Gasteiger partial charge in [0, 0.05) is 12.1 Å². The van der Waals surface area contributed by atoms with E-state index >= 15 is 0 Å². The number of aliphatic hydroxyl groups excluding tert-OH is 1. The molecule has 0 aliphatic carbocycles. The quantitative estimate of drug-likeness (QED) is 0.843. The first-order valence-electron chi connectivity index (χ1n) is 6.78. The average Bonchev–Trinajstić information content (AvgIpc) is 2.55. The third-order valence-electron chi connectivity index (χ3n) is 3.29. The van der Waals surface area contributed by atoms with Gasteiger partial charge in [-0.2, -0.15) is 5.26 Å². The molecule has 2 rings (SSSR count). The van der Waals surface area contributed by atoms with E-state index in [1.54, 1.807) is 24.3 Å². The van der Waals surface area contributed by atoms with Crippen LogP contribution in [0.2, 0.25) is 0 Å². The zero-order chi connectivity index (χ0) is 16.9. The molecule has 2 aromatic rings. The molecule has 0 spiro atoms. The van der Waals surface area contributed by atoms with Gasteiger partial charge >= 0.3 is 0 Å². The van der Waals surface area contributed by atoms with Crippen molar-refractivity contribution in [1.82, 2.24) is 4.72 Å². The van der Waals surface area contributed by atoms with E-state index in [1.165, 1.54) is 12.1 Å². The average molecular weight is 334 g/mol. The number of nitrogens with one attached hydrogen (secondary N) is 1. The van der Waals surface area contributed by atoms with Crippen molar-refractivity contribution in [1.29, 1.82) is 5.26 Å². The summed E-state index contributed by atoms with van der Waals surface area (Å²) in [6, 6.07) is 12.3. The molecule has 0 saturated heterocycles. The summed E-state index contributed by atoms with van der Waals surface area (Å²) in [7, 11) is -3.79. The van der Waals surface area contributed by atoms with Crippen LogP contribution in [0.4, 0.5) is 4.39 Å². The molecule has 0 aromatic heterocycles. The van der Waals surface area contributed by atoms with E-state index in [2.05, 4.69) is 4.72 Å². The number of benzene rings is 2. The van der Waals surface area contributed by atoms with Crippen molar-refractivity contribution < 1.29 is 17.9 Å². The van der Waals surface area contributed by atoms with Gasteiger partial charge in [-0.15, -0.1) is 0 Å². The minimum absolute atomic E-state index is 0.00136. The van der Waals surface area contributed by atoms with Crippen molar-refractivity contribution in [3.05, 3.63) is 70.5 Å². The summed E-state index contributed by atoms with van der Waals surface area (Å²) in [5.41, 5.74) is 1.40. The van der Waals surface area contributed by atoms with Crippen LogP contribution >= 0.6 is 0 Å². The standard InChI is InChI=1S/C16H15FN2O3S/c17-16-6-5-12(8-18)7-15(16)11-23(21,22)19-9-13-3-1-2-4-14(13)10-20/h1-7,19-20H,9-11H2. The van der Waals surface area contributed by atoms with Crippen molar-refractivity contribution in [3.8, 4) is 6.07 Å². The van der Waals surface area contributed by atoms with Gasteiger partial charge in [-0.25, -0.2) is 17.5 Å². The maximum absolute atomic E-state index is 13.7. The van der Waals surface area contributed by atoms with E-state index in [9.17, 15) is 17.9 Å². The molecule has 2 N–H and O–H groups in total. The number of aliphatic hydroxyl groups is 1. The van der Waals surface area contributed by atoms with Gasteiger partial charge in [0.2, 0.25) is 10.0 Å². The van der Waals surface area contributed by atoms with E-state index in [0.29, 0.717) is 11.1 Å². The fourth-order valence-corrected chi connectivity index (χ4v) is 3.19. The highest BCUT2D eigenvalue weighted by molar-refractivity contribution is 7.88. The molecule has 0 fully saturated rings. The second kappa shape index (κ2) is 7.33. The zero-order valence-electron chi connectivity index (χ0n) is 12.2. The second-order valence-corrected chi connectivity index (χ2v) is 6.73. The van der Waals surface area contributed by atoms with Crippen LogP contribution in [0.3, 0.4) is 0 Å². The molecule has 0 aliphatic rings. The molecule has 0 atom stereocenters. The van der Waals surface area contributed by atoms with Crippen LogP contribution in [-0.2, 0) is 28.9 Å². The lowest BCUT2D eigenvalue weighted by Crippen LogP contribution is -2.25. The number of sulfonamides is 1. The van der Waals surface area contributed by atoms with Gasteiger partial charge < -0.3 is 5.11 Å². The molecule has 0 amide bonds. The lowest BCUT2D eigenvalue weighted by atomic mass is 10.1. The van der Waals surface area contributed by atoms with Gasteiger partial charge in [0.15, 0.2) is 0 Å². The van der Waals surface area contributed by atoms with Gasteiger partial charge in [-0.05, 0) is 29.3 Å². The molecule has 23 heavy (non-hydrogen) atoms. The lowest BCUT2D eigenvalue weighted by Gasteiger charge is -2.10. The third-order valence-corrected chi connectivity index (χ3v) is 4.57. The summed E-state index contributed by atoms with van der Waals surface area (Å²) in [4.78, 5) is 0. The molecule has 2 aromatic carbocycles. The van der Waals surface area contributed by atoms with Crippen molar-refractivity contribution in [2.75, 3.05) is 0 Å². The predicted molar refractivity (Wildman–Crippen MR) is 82.9 cm³/mol. The maximum Gasteiger partial charge on any atom is 0.216 e. The molecule has 0 radical (unpaired) electrons. The predicted octanol–water partition coefficient (Wildman–Crippen LogP) is 1.81. The Labute approximate surface area is 134 Å². The molecule has 0 aliphatic heterocycles. The van der Waals surface area contributed by atoms with Crippen molar-refractivity contribution in [2.45, 2.75) is 18.9 Å². The minimum Gasteiger partial charge on any atom is -0.392 e. The number of hydrogen-bond donors (Lipinski definition) is 2. The van der Waals surface area contributed by atoms with Crippen LogP contribution in [0.15, 0.2) is 42.5 Å². The van der Waals surface area contributed by atoms with E-state index in [4.69, 9.17) is 5.26 Å². The Balaban J connectivity index is 2.13. The van der Waals surface area contributed by atoms with Crippen molar-refractivity contribution in [3.63, 3.8) is 0 Å². The maximum atomic E-state index is 13.7. The lowest BCUT2D eigenvalue weighted by molar-refractivity contribution is 0.280. The van der Waals surface area contributed by atoms with Crippen LogP contribution in [0.25, 0.3) is 0 Å². The van der Waals surface area contributed by atoms with Crippen LogP contribution < -0.4 is 4.72 Å². The summed E-state index contributed by atoms with van der Waals surface area (Å²) in [5.74, 6) is -1.24. The largest absolute Gasteiger partial charge is 0.392 e. The Hall–Kier alpha value is -2.27. The molecule has 7 heteroatoms. The van der Waals surface area contributed by atoms with Gasteiger partial charge in [0.25, 0.3) is 0 Å². The fourth-order valence-electron chi connectivity index (χ4n) is 2.08. The Morgan fingerprint density at radius 1 is 1.13 bits per heavy atom. The smallest absolute Gasteiger partial charge is 0.216 e. The number of halogens is 1. The molecule has 0 saturated carbocycles. The topological polar surface area (TPSA) is 90.2 Å².